The van der Waals surface area contributed by atoms with Crippen LogP contribution in [0.2, 0.25) is 0 Å². The third-order valence-electron chi connectivity index (χ3n) is 4.00. The van der Waals surface area contributed by atoms with Crippen molar-refractivity contribution in [2.24, 2.45) is 5.92 Å². The summed E-state index contributed by atoms with van der Waals surface area (Å²) in [7, 11) is 0. The molecule has 0 bridgehead atoms. The number of hydrogen-bond donors (Lipinski definition) is 2. The molecule has 0 rings (SSSR count). The van der Waals surface area contributed by atoms with Crippen LogP contribution >= 0.6 is 0 Å². The number of carboxylic acid groups (broad SMARTS) is 1. The Bertz CT molecular complexity index is 278. The van der Waals surface area contributed by atoms with Crippen molar-refractivity contribution in [3.8, 4) is 0 Å². The lowest BCUT2D eigenvalue weighted by Crippen LogP contribution is -2.52. The number of aliphatic carboxylic acids is 1. The van der Waals surface area contributed by atoms with Gasteiger partial charge >= 0.3 is 5.97 Å². The van der Waals surface area contributed by atoms with Gasteiger partial charge in [-0.2, -0.15) is 0 Å². The van der Waals surface area contributed by atoms with E-state index in [0.717, 1.165) is 25.9 Å². The zero-order chi connectivity index (χ0) is 15.8. The quantitative estimate of drug-likeness (QED) is 0.613. The molecule has 120 valence electrons. The Morgan fingerprint density at radius 1 is 1.25 bits per heavy atom. The molecule has 0 fully saturated rings. The van der Waals surface area contributed by atoms with E-state index in [9.17, 15) is 9.90 Å². The summed E-state index contributed by atoms with van der Waals surface area (Å²) in [5.74, 6) is -0.154. The molecule has 2 N–H and O–H groups in total. The van der Waals surface area contributed by atoms with Gasteiger partial charge < -0.3 is 15.3 Å². The SMILES string of the molecule is CCNC(C)(CCN(CC(C)C)C(CC)CC)C(=O)O. The molecule has 0 saturated heterocycles. The Labute approximate surface area is 124 Å². The number of nitrogens with zero attached hydrogens (tertiary/aromatic N) is 1. The zero-order valence-electron chi connectivity index (χ0n) is 14.2. The molecule has 0 heterocycles. The van der Waals surface area contributed by atoms with Gasteiger partial charge in [0.2, 0.25) is 0 Å². The van der Waals surface area contributed by atoms with E-state index >= 15 is 0 Å². The van der Waals surface area contributed by atoms with Gasteiger partial charge in [0.25, 0.3) is 0 Å². The Hall–Kier alpha value is -0.610. The van der Waals surface area contributed by atoms with Crippen molar-refractivity contribution < 1.29 is 9.90 Å². The van der Waals surface area contributed by atoms with Crippen molar-refractivity contribution in [3.63, 3.8) is 0 Å². The van der Waals surface area contributed by atoms with Crippen LogP contribution < -0.4 is 5.32 Å². The highest BCUT2D eigenvalue weighted by atomic mass is 16.4. The third-order valence-corrected chi connectivity index (χ3v) is 4.00. The van der Waals surface area contributed by atoms with Crippen LogP contribution in [-0.2, 0) is 4.79 Å². The number of rotatable bonds is 11. The van der Waals surface area contributed by atoms with Crippen LogP contribution in [-0.4, -0.2) is 47.2 Å². The molecule has 0 saturated carbocycles. The topological polar surface area (TPSA) is 52.6 Å². The Morgan fingerprint density at radius 2 is 1.80 bits per heavy atom. The first kappa shape index (κ1) is 19.4. The van der Waals surface area contributed by atoms with Gasteiger partial charge in [0.1, 0.15) is 5.54 Å². The molecule has 0 aromatic carbocycles. The highest BCUT2D eigenvalue weighted by Crippen LogP contribution is 2.16. The van der Waals surface area contributed by atoms with Gasteiger partial charge in [-0.15, -0.1) is 0 Å². The van der Waals surface area contributed by atoms with E-state index in [4.69, 9.17) is 0 Å². The molecule has 0 aromatic rings. The zero-order valence-corrected chi connectivity index (χ0v) is 14.2. The summed E-state index contributed by atoms with van der Waals surface area (Å²) in [6, 6.07) is 0.553. The minimum atomic E-state index is -0.823. The lowest BCUT2D eigenvalue weighted by atomic mass is 9.96. The molecular formula is C16H34N2O2. The fourth-order valence-corrected chi connectivity index (χ4v) is 2.73. The second-order valence-corrected chi connectivity index (χ2v) is 6.28. The van der Waals surface area contributed by atoms with Crippen molar-refractivity contribution in [3.05, 3.63) is 0 Å². The van der Waals surface area contributed by atoms with E-state index in [2.05, 4.69) is 37.9 Å². The summed E-state index contributed by atoms with van der Waals surface area (Å²) < 4.78 is 0. The van der Waals surface area contributed by atoms with Crippen LogP contribution in [0.5, 0.6) is 0 Å². The maximum atomic E-state index is 11.5. The Balaban J connectivity index is 4.75. The van der Waals surface area contributed by atoms with E-state index in [1.807, 2.05) is 6.92 Å². The number of nitrogens with one attached hydrogen (secondary N) is 1. The number of likely N-dealkylation sites (N-methyl/N-ethyl adjacent to an activating group) is 1. The van der Waals surface area contributed by atoms with E-state index in [-0.39, 0.29) is 0 Å². The molecule has 0 aliphatic rings. The number of hydrogen-bond acceptors (Lipinski definition) is 3. The van der Waals surface area contributed by atoms with Crippen molar-refractivity contribution in [1.82, 2.24) is 10.2 Å². The monoisotopic (exact) mass is 286 g/mol. The van der Waals surface area contributed by atoms with Crippen LogP contribution in [0, 0.1) is 5.92 Å². The van der Waals surface area contributed by atoms with Gasteiger partial charge in [-0.05, 0) is 38.6 Å². The first-order valence-electron chi connectivity index (χ1n) is 8.03. The smallest absolute Gasteiger partial charge is 0.323 e. The largest absolute Gasteiger partial charge is 0.480 e. The molecule has 1 unspecified atom stereocenters. The van der Waals surface area contributed by atoms with E-state index in [0.29, 0.717) is 24.9 Å². The molecule has 1 atom stereocenters. The van der Waals surface area contributed by atoms with Gasteiger partial charge in [0, 0.05) is 19.1 Å². The van der Waals surface area contributed by atoms with Gasteiger partial charge in [-0.25, -0.2) is 0 Å². The molecule has 20 heavy (non-hydrogen) atoms. The van der Waals surface area contributed by atoms with Gasteiger partial charge in [-0.1, -0.05) is 34.6 Å². The predicted molar refractivity (Wildman–Crippen MR) is 85.1 cm³/mol. The summed E-state index contributed by atoms with van der Waals surface area (Å²) in [6.07, 6.45) is 2.88. The van der Waals surface area contributed by atoms with E-state index in [1.165, 1.54) is 0 Å². The highest BCUT2D eigenvalue weighted by Gasteiger charge is 2.32. The summed E-state index contributed by atoms with van der Waals surface area (Å²) >= 11 is 0. The molecular weight excluding hydrogens is 252 g/mol. The fourth-order valence-electron chi connectivity index (χ4n) is 2.73. The van der Waals surface area contributed by atoms with E-state index < -0.39 is 11.5 Å². The van der Waals surface area contributed by atoms with Crippen LogP contribution in [0.4, 0.5) is 0 Å². The molecule has 0 amide bonds. The maximum Gasteiger partial charge on any atom is 0.323 e. The standard InChI is InChI=1S/C16H34N2O2/c1-7-14(8-2)18(12-13(4)5)11-10-16(6,15(19)20)17-9-3/h13-14,17H,7-12H2,1-6H3,(H,19,20). The predicted octanol–water partition coefficient (Wildman–Crippen LogP) is 2.98. The summed E-state index contributed by atoms with van der Waals surface area (Å²) in [5, 5.41) is 12.5. The minimum Gasteiger partial charge on any atom is -0.480 e. The second-order valence-electron chi connectivity index (χ2n) is 6.28. The molecule has 0 aliphatic carbocycles. The average molecular weight is 286 g/mol. The van der Waals surface area contributed by atoms with Crippen LogP contribution in [0.25, 0.3) is 0 Å². The van der Waals surface area contributed by atoms with Gasteiger partial charge in [0.15, 0.2) is 0 Å². The van der Waals surface area contributed by atoms with Crippen LogP contribution in [0.15, 0.2) is 0 Å². The summed E-state index contributed by atoms with van der Waals surface area (Å²) in [4.78, 5) is 13.9. The highest BCUT2D eigenvalue weighted by molar-refractivity contribution is 5.78. The van der Waals surface area contributed by atoms with Crippen molar-refractivity contribution in [1.29, 1.82) is 0 Å². The Morgan fingerprint density at radius 3 is 2.15 bits per heavy atom. The van der Waals surface area contributed by atoms with Crippen molar-refractivity contribution in [2.45, 2.75) is 72.4 Å². The molecule has 4 heteroatoms. The molecule has 0 spiro atoms. The first-order chi connectivity index (χ1) is 9.30. The fraction of sp³-hybridized carbons (Fsp3) is 0.938. The van der Waals surface area contributed by atoms with Gasteiger partial charge in [0.05, 0.1) is 0 Å². The Kier molecular flexibility index (Phi) is 9.06. The van der Waals surface area contributed by atoms with E-state index in [1.54, 1.807) is 6.92 Å². The van der Waals surface area contributed by atoms with Crippen molar-refractivity contribution >= 4 is 5.97 Å². The number of carbonyl (C=O) groups is 1. The van der Waals surface area contributed by atoms with Crippen LogP contribution in [0.3, 0.4) is 0 Å². The average Bonchev–Trinajstić information content (AvgIpc) is 2.36. The minimum absolute atomic E-state index is 0.553. The lowest BCUT2D eigenvalue weighted by molar-refractivity contribution is -0.144. The molecule has 0 radical (unpaired) electrons. The molecule has 0 aliphatic heterocycles. The summed E-state index contributed by atoms with van der Waals surface area (Å²) in [6.45, 7) is 15.1. The third kappa shape index (κ3) is 6.23. The summed E-state index contributed by atoms with van der Waals surface area (Å²) in [5.41, 5.74) is -0.823. The number of carboxylic acids is 1. The molecule has 0 aromatic heterocycles. The second kappa shape index (κ2) is 9.35. The van der Waals surface area contributed by atoms with Gasteiger partial charge in [-0.3, -0.25) is 4.79 Å². The van der Waals surface area contributed by atoms with Crippen molar-refractivity contribution in [2.75, 3.05) is 19.6 Å². The maximum absolute atomic E-state index is 11.5. The molecule has 4 nitrogen and oxygen atoms in total. The van der Waals surface area contributed by atoms with Crippen LogP contribution in [0.1, 0.15) is 60.8 Å². The first-order valence-corrected chi connectivity index (χ1v) is 8.03. The normalized spacial score (nSPS) is 15.1. The lowest BCUT2D eigenvalue weighted by Gasteiger charge is -2.35.